The Morgan fingerprint density at radius 1 is 1.41 bits per heavy atom. The highest BCUT2D eigenvalue weighted by atomic mass is 16.2. The van der Waals surface area contributed by atoms with Gasteiger partial charge < -0.3 is 9.47 Å². The molecule has 0 saturated carbocycles. The lowest BCUT2D eigenvalue weighted by molar-refractivity contribution is -0.129. The number of fused-ring (bicyclic) bond motifs is 1. The molecule has 0 spiro atoms. The van der Waals surface area contributed by atoms with Crippen LogP contribution in [0.3, 0.4) is 0 Å². The Morgan fingerprint density at radius 2 is 2.23 bits per heavy atom. The van der Waals surface area contributed by atoms with E-state index < -0.39 is 0 Å². The van der Waals surface area contributed by atoms with Crippen LogP contribution >= 0.6 is 0 Å². The van der Waals surface area contributed by atoms with E-state index in [2.05, 4.69) is 22.5 Å². The van der Waals surface area contributed by atoms with Crippen molar-refractivity contribution in [2.45, 2.75) is 32.7 Å². The number of benzene rings is 1. The lowest BCUT2D eigenvalue weighted by Crippen LogP contribution is -2.35. The van der Waals surface area contributed by atoms with Crippen LogP contribution in [-0.4, -0.2) is 34.0 Å². The van der Waals surface area contributed by atoms with Gasteiger partial charge in [0, 0.05) is 39.0 Å². The molecule has 4 heteroatoms. The molecule has 0 fully saturated rings. The summed E-state index contributed by atoms with van der Waals surface area (Å²) in [5.74, 6) is 1.86. The number of carbonyl (C=O) groups excluding carboxylic acids is 1. The average molecular weight is 297 g/mol. The molecule has 1 atom stereocenters. The molecule has 2 heterocycles. The minimum atomic E-state index is 0.197. The summed E-state index contributed by atoms with van der Waals surface area (Å²) in [6, 6.07) is 8.11. The number of aryl methyl sites for hydroxylation is 2. The third-order valence-electron chi connectivity index (χ3n) is 4.61. The highest BCUT2D eigenvalue weighted by Gasteiger charge is 2.22. The van der Waals surface area contributed by atoms with Crippen LogP contribution in [0.25, 0.3) is 0 Å². The summed E-state index contributed by atoms with van der Waals surface area (Å²) in [5.41, 5.74) is 2.31. The second kappa shape index (κ2) is 6.34. The van der Waals surface area contributed by atoms with Gasteiger partial charge in [0.25, 0.3) is 0 Å². The summed E-state index contributed by atoms with van der Waals surface area (Å²) in [5, 5.41) is 0. The first kappa shape index (κ1) is 14.8. The van der Waals surface area contributed by atoms with Crippen molar-refractivity contribution in [2.75, 3.05) is 13.6 Å². The molecular formula is C18H23N3O. The lowest BCUT2D eigenvalue weighted by atomic mass is 9.97. The first-order chi connectivity index (χ1) is 10.6. The van der Waals surface area contributed by atoms with Crippen LogP contribution in [0.5, 0.6) is 0 Å². The summed E-state index contributed by atoms with van der Waals surface area (Å²) in [7, 11) is 1.92. The lowest BCUT2D eigenvalue weighted by Gasteiger charge is -2.28. The standard InChI is InChI=1S/C18H23N3O/c1-14-5-3-4-6-16(14)12-18(22)20(2)13-15-7-9-21-10-8-19-17(21)11-15/h3-6,8,10,15H,7,9,11-13H2,1-2H3. The molecule has 116 valence electrons. The maximum Gasteiger partial charge on any atom is 0.226 e. The van der Waals surface area contributed by atoms with E-state index in [0.717, 1.165) is 37.3 Å². The molecule has 0 saturated heterocycles. The quantitative estimate of drug-likeness (QED) is 0.869. The number of nitrogens with zero attached hydrogens (tertiary/aromatic N) is 3. The predicted molar refractivity (Wildman–Crippen MR) is 86.6 cm³/mol. The Kier molecular flexibility index (Phi) is 4.27. The molecule has 1 aliphatic heterocycles. The summed E-state index contributed by atoms with van der Waals surface area (Å²) in [6.45, 7) is 3.89. The van der Waals surface area contributed by atoms with Crippen molar-refractivity contribution in [1.82, 2.24) is 14.5 Å². The Bertz CT molecular complexity index is 662. The van der Waals surface area contributed by atoms with Gasteiger partial charge in [0.05, 0.1) is 6.42 Å². The first-order valence-corrected chi connectivity index (χ1v) is 7.92. The van der Waals surface area contributed by atoms with Crippen molar-refractivity contribution in [3.63, 3.8) is 0 Å². The number of rotatable bonds is 4. The molecule has 4 nitrogen and oxygen atoms in total. The van der Waals surface area contributed by atoms with Gasteiger partial charge in [-0.05, 0) is 30.4 Å². The van der Waals surface area contributed by atoms with Crippen molar-refractivity contribution in [3.8, 4) is 0 Å². The van der Waals surface area contributed by atoms with Crippen molar-refractivity contribution >= 4 is 5.91 Å². The van der Waals surface area contributed by atoms with Crippen molar-refractivity contribution in [3.05, 3.63) is 53.6 Å². The van der Waals surface area contributed by atoms with Gasteiger partial charge in [0.2, 0.25) is 5.91 Å². The summed E-state index contributed by atoms with van der Waals surface area (Å²) in [6.07, 6.45) is 6.48. The zero-order valence-corrected chi connectivity index (χ0v) is 13.3. The van der Waals surface area contributed by atoms with Crippen LogP contribution in [0.2, 0.25) is 0 Å². The summed E-state index contributed by atoms with van der Waals surface area (Å²) >= 11 is 0. The summed E-state index contributed by atoms with van der Waals surface area (Å²) in [4.78, 5) is 18.7. The van der Waals surface area contributed by atoms with Gasteiger partial charge in [-0.2, -0.15) is 0 Å². The first-order valence-electron chi connectivity index (χ1n) is 7.92. The molecule has 0 N–H and O–H groups in total. The van der Waals surface area contributed by atoms with Crippen LogP contribution in [-0.2, 0) is 24.2 Å². The molecule has 0 aliphatic carbocycles. The van der Waals surface area contributed by atoms with E-state index in [4.69, 9.17) is 0 Å². The molecule has 1 amide bonds. The molecule has 0 bridgehead atoms. The fraction of sp³-hybridized carbons (Fsp3) is 0.444. The highest BCUT2D eigenvalue weighted by Crippen LogP contribution is 2.20. The van der Waals surface area contributed by atoms with Gasteiger partial charge in [0.1, 0.15) is 5.82 Å². The van der Waals surface area contributed by atoms with Crippen LogP contribution in [0, 0.1) is 12.8 Å². The Labute approximate surface area is 131 Å². The highest BCUT2D eigenvalue weighted by molar-refractivity contribution is 5.78. The third kappa shape index (κ3) is 3.21. The number of amides is 1. The number of carbonyl (C=O) groups is 1. The van der Waals surface area contributed by atoms with Gasteiger partial charge in [-0.25, -0.2) is 4.98 Å². The fourth-order valence-electron chi connectivity index (χ4n) is 3.17. The number of hydrogen-bond donors (Lipinski definition) is 0. The minimum absolute atomic E-state index is 0.197. The van der Waals surface area contributed by atoms with Crippen LogP contribution in [0.1, 0.15) is 23.4 Å². The van der Waals surface area contributed by atoms with Crippen LogP contribution in [0.15, 0.2) is 36.7 Å². The predicted octanol–water partition coefficient (Wildman–Crippen LogP) is 2.46. The smallest absolute Gasteiger partial charge is 0.226 e. The number of likely N-dealkylation sites (N-methyl/N-ethyl adjacent to an activating group) is 1. The van der Waals surface area contributed by atoms with Gasteiger partial charge in [0.15, 0.2) is 0 Å². The second-order valence-corrected chi connectivity index (χ2v) is 6.27. The second-order valence-electron chi connectivity index (χ2n) is 6.27. The van der Waals surface area contributed by atoms with E-state index >= 15 is 0 Å². The van der Waals surface area contributed by atoms with E-state index in [9.17, 15) is 4.79 Å². The fourth-order valence-corrected chi connectivity index (χ4v) is 3.17. The molecule has 2 aromatic rings. The monoisotopic (exact) mass is 297 g/mol. The maximum atomic E-state index is 12.4. The molecule has 1 aliphatic rings. The number of aromatic nitrogens is 2. The van der Waals surface area contributed by atoms with Gasteiger partial charge in [-0.1, -0.05) is 24.3 Å². The number of hydrogen-bond acceptors (Lipinski definition) is 2. The SMILES string of the molecule is Cc1ccccc1CC(=O)N(C)CC1CCn2ccnc2C1. The van der Waals surface area contributed by atoms with Crippen LogP contribution in [0.4, 0.5) is 0 Å². The Balaban J connectivity index is 1.57. The topological polar surface area (TPSA) is 38.1 Å². The average Bonchev–Trinajstić information content (AvgIpc) is 2.97. The van der Waals surface area contributed by atoms with Crippen molar-refractivity contribution in [2.24, 2.45) is 5.92 Å². The maximum absolute atomic E-state index is 12.4. The van der Waals surface area contributed by atoms with E-state index in [0.29, 0.717) is 12.3 Å². The molecule has 1 unspecified atom stereocenters. The van der Waals surface area contributed by atoms with E-state index in [-0.39, 0.29) is 5.91 Å². The van der Waals surface area contributed by atoms with Crippen LogP contribution < -0.4 is 0 Å². The number of imidazole rings is 1. The molecular weight excluding hydrogens is 274 g/mol. The third-order valence-corrected chi connectivity index (χ3v) is 4.61. The minimum Gasteiger partial charge on any atom is -0.345 e. The molecule has 0 radical (unpaired) electrons. The molecule has 3 rings (SSSR count). The van der Waals surface area contributed by atoms with Gasteiger partial charge >= 0.3 is 0 Å². The Hall–Kier alpha value is -2.10. The largest absolute Gasteiger partial charge is 0.345 e. The van der Waals surface area contributed by atoms with Crippen molar-refractivity contribution in [1.29, 1.82) is 0 Å². The van der Waals surface area contributed by atoms with Crippen molar-refractivity contribution < 1.29 is 4.79 Å². The molecule has 22 heavy (non-hydrogen) atoms. The molecule has 1 aromatic carbocycles. The molecule has 1 aromatic heterocycles. The normalized spacial score (nSPS) is 17.1. The summed E-state index contributed by atoms with van der Waals surface area (Å²) < 4.78 is 2.21. The van der Waals surface area contributed by atoms with E-state index in [1.807, 2.05) is 42.5 Å². The Morgan fingerprint density at radius 3 is 3.05 bits per heavy atom. The van der Waals surface area contributed by atoms with E-state index in [1.165, 1.54) is 5.56 Å². The van der Waals surface area contributed by atoms with Gasteiger partial charge in [-0.15, -0.1) is 0 Å². The van der Waals surface area contributed by atoms with E-state index in [1.54, 1.807) is 0 Å². The van der Waals surface area contributed by atoms with Gasteiger partial charge in [-0.3, -0.25) is 4.79 Å². The zero-order chi connectivity index (χ0) is 15.5. The zero-order valence-electron chi connectivity index (χ0n) is 13.3.